The van der Waals surface area contributed by atoms with Crippen LogP contribution in [-0.2, 0) is 0 Å². The van der Waals surface area contributed by atoms with Crippen LogP contribution in [0.15, 0.2) is 49.3 Å². The van der Waals surface area contributed by atoms with Gasteiger partial charge in [-0.2, -0.15) is 0 Å². The van der Waals surface area contributed by atoms with Crippen LogP contribution < -0.4 is 10.6 Å². The molecule has 0 amide bonds. The molecule has 2 unspecified atom stereocenters. The molecule has 2 aliphatic rings. The van der Waals surface area contributed by atoms with Gasteiger partial charge < -0.3 is 41.0 Å². The summed E-state index contributed by atoms with van der Waals surface area (Å²) in [5.74, 6) is -0.0579. The number of nitrogens with zero attached hydrogens (tertiary/aromatic N) is 8. The summed E-state index contributed by atoms with van der Waals surface area (Å²) < 4.78 is 28.8. The SMILES string of the molecule is OC[C@@H](O)CN1CCCC(Nc2nc(-c3c[nH]c4ncc(Cl)cc34)ncc2F)C1.OC[C@H](O)CN1CCCC(Nc2nc(-c3c[nH]c4ncc(Cl)cc34)ncc2F)C1. The van der Waals surface area contributed by atoms with E-state index in [1.807, 2.05) is 0 Å². The second-order valence-electron chi connectivity index (χ2n) is 14.4. The fraction of sp³-hybridized carbons (Fsp3) is 0.421. The molecule has 4 atom stereocenters. The summed E-state index contributed by atoms with van der Waals surface area (Å²) in [6, 6.07) is 3.49. The number of aromatic amines is 2. The van der Waals surface area contributed by atoms with Gasteiger partial charge in [0.05, 0.1) is 47.9 Å². The third kappa shape index (κ3) is 10.1. The molecule has 0 aromatic carbocycles. The zero-order valence-electron chi connectivity index (χ0n) is 31.3. The third-order valence-corrected chi connectivity index (χ3v) is 10.4. The summed E-state index contributed by atoms with van der Waals surface area (Å²) in [4.78, 5) is 35.7. The molecular weight excluding hydrogens is 797 g/mol. The van der Waals surface area contributed by atoms with Gasteiger partial charge in [-0.05, 0) is 50.9 Å². The fourth-order valence-corrected chi connectivity index (χ4v) is 7.61. The second kappa shape index (κ2) is 18.9. The van der Waals surface area contributed by atoms with Gasteiger partial charge in [-0.25, -0.2) is 38.7 Å². The number of rotatable bonds is 12. The highest BCUT2D eigenvalue weighted by atomic mass is 35.5. The highest BCUT2D eigenvalue weighted by Gasteiger charge is 2.25. The molecule has 6 aromatic rings. The first-order valence-electron chi connectivity index (χ1n) is 18.9. The highest BCUT2D eigenvalue weighted by Crippen LogP contribution is 2.30. The van der Waals surface area contributed by atoms with Gasteiger partial charge >= 0.3 is 0 Å². The van der Waals surface area contributed by atoms with Crippen LogP contribution in [0, 0.1) is 11.6 Å². The molecule has 6 aromatic heterocycles. The predicted molar refractivity (Wildman–Crippen MR) is 217 cm³/mol. The maximum atomic E-state index is 14.4. The first-order valence-corrected chi connectivity index (χ1v) is 19.7. The summed E-state index contributed by atoms with van der Waals surface area (Å²) in [5.41, 5.74) is 2.68. The van der Waals surface area contributed by atoms with Gasteiger partial charge in [-0.1, -0.05) is 23.2 Å². The van der Waals surface area contributed by atoms with Crippen molar-refractivity contribution in [1.29, 1.82) is 0 Å². The van der Waals surface area contributed by atoms with E-state index in [-0.39, 0.29) is 36.9 Å². The van der Waals surface area contributed by atoms with E-state index in [4.69, 9.17) is 33.4 Å². The quantitative estimate of drug-likeness (QED) is 0.0871. The number of H-pyrrole nitrogens is 2. The van der Waals surface area contributed by atoms with Crippen molar-refractivity contribution < 1.29 is 29.2 Å². The Hall–Kier alpha value is -4.66. The van der Waals surface area contributed by atoms with Gasteiger partial charge in [-0.3, -0.25) is 9.80 Å². The molecule has 0 spiro atoms. The van der Waals surface area contributed by atoms with E-state index in [0.717, 1.165) is 61.9 Å². The molecule has 308 valence electrons. The van der Waals surface area contributed by atoms with Crippen LogP contribution in [0.4, 0.5) is 20.4 Å². The Morgan fingerprint density at radius 2 is 1.12 bits per heavy atom. The summed E-state index contributed by atoms with van der Waals surface area (Å²) in [6.45, 7) is 3.13. The van der Waals surface area contributed by atoms with E-state index in [1.165, 1.54) is 0 Å². The lowest BCUT2D eigenvalue weighted by Crippen LogP contribution is -2.45. The molecule has 0 radical (unpaired) electrons. The van der Waals surface area contributed by atoms with E-state index in [2.05, 4.69) is 60.3 Å². The second-order valence-corrected chi connectivity index (χ2v) is 15.3. The van der Waals surface area contributed by atoms with Crippen LogP contribution in [0.2, 0.25) is 10.0 Å². The van der Waals surface area contributed by atoms with Crippen LogP contribution in [-0.4, -0.2) is 147 Å². The monoisotopic (exact) mass is 840 g/mol. The summed E-state index contributed by atoms with van der Waals surface area (Å²) in [5, 5.41) is 46.3. The molecule has 0 bridgehead atoms. The number of pyridine rings is 2. The minimum absolute atomic E-state index is 0.0222. The number of hydrogen-bond donors (Lipinski definition) is 8. The van der Waals surface area contributed by atoms with Crippen LogP contribution in [0.1, 0.15) is 25.7 Å². The van der Waals surface area contributed by atoms with Crippen molar-refractivity contribution in [3.63, 3.8) is 0 Å². The number of aromatic nitrogens is 8. The number of hydrogen-bond acceptors (Lipinski definition) is 14. The van der Waals surface area contributed by atoms with Gasteiger partial charge in [-0.15, -0.1) is 0 Å². The zero-order valence-corrected chi connectivity index (χ0v) is 32.8. The summed E-state index contributed by atoms with van der Waals surface area (Å²) in [7, 11) is 0. The summed E-state index contributed by atoms with van der Waals surface area (Å²) in [6.07, 6.45) is 10.8. The summed E-state index contributed by atoms with van der Waals surface area (Å²) >= 11 is 12.1. The first-order chi connectivity index (χ1) is 28.1. The minimum atomic E-state index is -0.779. The number of fused-ring (bicyclic) bond motifs is 2. The number of piperidine rings is 2. The standard InChI is InChI=1S/2C19H22ClFN6O2/c2*20-11-4-14-15(6-23-17(14)22-5-11)18-24-7-16(21)19(26-18)25-12-2-1-3-27(8-12)9-13(29)10-28/h2*4-7,12-13,28-29H,1-3,8-10H2,(H,22,23)(H,24,25,26)/t2*12?,13-/m10/s1. The van der Waals surface area contributed by atoms with Crippen molar-refractivity contribution in [1.82, 2.24) is 49.7 Å². The molecule has 2 fully saturated rings. The molecule has 8 heterocycles. The first kappa shape index (κ1) is 41.5. The normalized spacial score (nSPS) is 18.8. The molecule has 8 rings (SSSR count). The molecule has 0 saturated carbocycles. The molecule has 8 N–H and O–H groups in total. The number of aliphatic hydroxyl groups excluding tert-OH is 4. The number of anilines is 2. The van der Waals surface area contributed by atoms with Crippen LogP contribution >= 0.6 is 23.2 Å². The Balaban J connectivity index is 0.000000177. The largest absolute Gasteiger partial charge is 0.394 e. The van der Waals surface area contributed by atoms with E-state index in [9.17, 15) is 19.0 Å². The maximum Gasteiger partial charge on any atom is 0.183 e. The number of aliphatic hydroxyl groups is 4. The Morgan fingerprint density at radius 3 is 1.53 bits per heavy atom. The molecule has 16 nitrogen and oxygen atoms in total. The van der Waals surface area contributed by atoms with Crippen molar-refractivity contribution in [2.45, 2.75) is 50.0 Å². The Morgan fingerprint density at radius 1 is 0.690 bits per heavy atom. The fourth-order valence-electron chi connectivity index (χ4n) is 7.30. The molecular formula is C38H44Cl2F2N12O4. The van der Waals surface area contributed by atoms with Crippen LogP contribution in [0.3, 0.4) is 0 Å². The average Bonchev–Trinajstić information content (AvgIpc) is 3.84. The Bertz CT molecular complexity index is 2160. The van der Waals surface area contributed by atoms with Crippen LogP contribution in [0.5, 0.6) is 0 Å². The third-order valence-electron chi connectivity index (χ3n) is 10.0. The van der Waals surface area contributed by atoms with Crippen molar-refractivity contribution in [3.8, 4) is 22.8 Å². The number of halogens is 4. The molecule has 2 aliphatic heterocycles. The smallest absolute Gasteiger partial charge is 0.183 e. The Kier molecular flexibility index (Phi) is 13.6. The van der Waals surface area contributed by atoms with Gasteiger partial charge in [0.1, 0.15) is 11.3 Å². The van der Waals surface area contributed by atoms with E-state index in [1.54, 1.807) is 36.9 Å². The zero-order chi connectivity index (χ0) is 40.8. The van der Waals surface area contributed by atoms with Gasteiger partial charge in [0.2, 0.25) is 0 Å². The lowest BCUT2D eigenvalue weighted by Gasteiger charge is -2.34. The lowest BCUT2D eigenvalue weighted by atomic mass is 10.1. The average molecular weight is 842 g/mol. The van der Waals surface area contributed by atoms with E-state index < -0.39 is 23.8 Å². The van der Waals surface area contributed by atoms with Crippen molar-refractivity contribution in [2.24, 2.45) is 0 Å². The maximum absolute atomic E-state index is 14.4. The predicted octanol–water partition coefficient (Wildman–Crippen LogP) is 4.08. The topological polar surface area (TPSA) is 220 Å². The highest BCUT2D eigenvalue weighted by molar-refractivity contribution is 6.31. The lowest BCUT2D eigenvalue weighted by molar-refractivity contribution is 0.0516. The van der Waals surface area contributed by atoms with E-state index >= 15 is 0 Å². The van der Waals surface area contributed by atoms with Gasteiger partial charge in [0.15, 0.2) is 34.9 Å². The van der Waals surface area contributed by atoms with Crippen molar-refractivity contribution in [3.05, 3.63) is 71.0 Å². The van der Waals surface area contributed by atoms with Gasteiger partial charge in [0.25, 0.3) is 0 Å². The van der Waals surface area contributed by atoms with Gasteiger partial charge in [0, 0.05) is 84.9 Å². The van der Waals surface area contributed by atoms with Crippen molar-refractivity contribution in [2.75, 3.05) is 63.1 Å². The van der Waals surface area contributed by atoms with E-state index in [0.29, 0.717) is 70.3 Å². The number of likely N-dealkylation sites (tertiary alicyclic amines) is 2. The molecule has 58 heavy (non-hydrogen) atoms. The molecule has 20 heteroatoms. The van der Waals surface area contributed by atoms with Crippen molar-refractivity contribution >= 4 is 56.9 Å². The molecule has 2 saturated heterocycles. The number of β-amino-alcohol motifs (C(OH)–C–C–N with tert-alkyl or cyclic N) is 2. The number of nitrogens with one attached hydrogen (secondary N) is 4. The Labute approximate surface area is 341 Å². The minimum Gasteiger partial charge on any atom is -0.394 e. The molecule has 0 aliphatic carbocycles. The van der Waals surface area contributed by atoms with Crippen LogP contribution in [0.25, 0.3) is 44.8 Å².